The van der Waals surface area contributed by atoms with Gasteiger partial charge in [-0.15, -0.1) is 0 Å². The number of likely N-dealkylation sites (N-methyl/N-ethyl adjacent to an activating group) is 2. The van der Waals surface area contributed by atoms with Crippen LogP contribution in [0.15, 0.2) is 24.3 Å². The third kappa shape index (κ3) is 2.88. The van der Waals surface area contributed by atoms with Gasteiger partial charge in [0, 0.05) is 25.7 Å². The van der Waals surface area contributed by atoms with E-state index in [1.807, 2.05) is 6.07 Å². The van der Waals surface area contributed by atoms with Crippen molar-refractivity contribution in [2.75, 3.05) is 40.8 Å². The van der Waals surface area contributed by atoms with Crippen LogP contribution < -0.4 is 5.32 Å². The van der Waals surface area contributed by atoms with Crippen LogP contribution in [-0.2, 0) is 0 Å². The van der Waals surface area contributed by atoms with Gasteiger partial charge in [0.1, 0.15) is 5.82 Å². The van der Waals surface area contributed by atoms with Gasteiger partial charge in [0.15, 0.2) is 0 Å². The highest BCUT2D eigenvalue weighted by atomic mass is 19.1. The molecule has 100 valence electrons. The van der Waals surface area contributed by atoms with E-state index in [-0.39, 0.29) is 11.9 Å². The Morgan fingerprint density at radius 2 is 2.22 bits per heavy atom. The maximum Gasteiger partial charge on any atom is 0.123 e. The van der Waals surface area contributed by atoms with E-state index in [1.165, 1.54) is 6.07 Å². The lowest BCUT2D eigenvalue weighted by Crippen LogP contribution is -2.54. The zero-order chi connectivity index (χ0) is 13.1. The van der Waals surface area contributed by atoms with Crippen molar-refractivity contribution < 1.29 is 4.39 Å². The minimum Gasteiger partial charge on any atom is -0.314 e. The van der Waals surface area contributed by atoms with Crippen LogP contribution in [0.4, 0.5) is 4.39 Å². The van der Waals surface area contributed by atoms with Gasteiger partial charge in [0.2, 0.25) is 0 Å². The largest absolute Gasteiger partial charge is 0.314 e. The average molecular weight is 251 g/mol. The first kappa shape index (κ1) is 13.5. The molecule has 0 aromatic heterocycles. The number of nitrogens with one attached hydrogen (secondary N) is 1. The summed E-state index contributed by atoms with van der Waals surface area (Å²) in [7, 11) is 6.25. The first-order chi connectivity index (χ1) is 8.59. The first-order valence-electron chi connectivity index (χ1n) is 6.42. The standard InChI is InChI=1S/C14H22FN3/c1-17(2)14(11-5-4-6-12(15)9-11)13-10-16-7-8-18(13)3/h4-6,9,13-14,16H,7-8,10H2,1-3H3. The maximum atomic E-state index is 13.4. The Bertz CT molecular complexity index is 394. The zero-order valence-corrected chi connectivity index (χ0v) is 11.4. The van der Waals surface area contributed by atoms with Gasteiger partial charge in [0.05, 0.1) is 6.04 Å². The number of nitrogens with zero attached hydrogens (tertiary/aromatic N) is 2. The number of halogens is 1. The van der Waals surface area contributed by atoms with Crippen LogP contribution in [0.5, 0.6) is 0 Å². The molecule has 2 unspecified atom stereocenters. The van der Waals surface area contributed by atoms with Crippen molar-refractivity contribution in [3.05, 3.63) is 35.6 Å². The molecular weight excluding hydrogens is 229 g/mol. The summed E-state index contributed by atoms with van der Waals surface area (Å²) in [5.41, 5.74) is 1.04. The number of rotatable bonds is 3. The Balaban J connectivity index is 2.27. The summed E-state index contributed by atoms with van der Waals surface area (Å²) in [6.45, 7) is 3.00. The van der Waals surface area contributed by atoms with Gasteiger partial charge in [-0.05, 0) is 38.8 Å². The van der Waals surface area contributed by atoms with Crippen LogP contribution in [0.2, 0.25) is 0 Å². The van der Waals surface area contributed by atoms with Crippen LogP contribution in [-0.4, -0.2) is 56.6 Å². The van der Waals surface area contributed by atoms with Crippen molar-refractivity contribution in [1.82, 2.24) is 15.1 Å². The first-order valence-corrected chi connectivity index (χ1v) is 6.42. The summed E-state index contributed by atoms with van der Waals surface area (Å²) in [4.78, 5) is 4.52. The summed E-state index contributed by atoms with van der Waals surface area (Å²) in [6.07, 6.45) is 0. The highest BCUT2D eigenvalue weighted by Crippen LogP contribution is 2.26. The summed E-state index contributed by atoms with van der Waals surface area (Å²) in [5.74, 6) is -0.161. The van der Waals surface area contributed by atoms with Crippen molar-refractivity contribution in [1.29, 1.82) is 0 Å². The number of hydrogen-bond acceptors (Lipinski definition) is 3. The Hall–Kier alpha value is -0.970. The van der Waals surface area contributed by atoms with Gasteiger partial charge in [-0.1, -0.05) is 12.1 Å². The Labute approximate surface area is 109 Å². The van der Waals surface area contributed by atoms with E-state index in [9.17, 15) is 4.39 Å². The van der Waals surface area contributed by atoms with Gasteiger partial charge in [-0.2, -0.15) is 0 Å². The molecule has 0 radical (unpaired) electrons. The van der Waals surface area contributed by atoms with E-state index in [0.29, 0.717) is 6.04 Å². The second-order valence-electron chi connectivity index (χ2n) is 5.22. The molecule has 1 aromatic rings. The molecule has 2 atom stereocenters. The SMILES string of the molecule is CN(C)C(c1cccc(F)c1)C1CNCCN1C. The molecule has 1 heterocycles. The Morgan fingerprint density at radius 3 is 2.83 bits per heavy atom. The minimum atomic E-state index is -0.161. The fraction of sp³-hybridized carbons (Fsp3) is 0.571. The third-order valence-corrected chi connectivity index (χ3v) is 3.67. The molecule has 18 heavy (non-hydrogen) atoms. The fourth-order valence-electron chi connectivity index (χ4n) is 2.73. The second-order valence-corrected chi connectivity index (χ2v) is 5.22. The Kier molecular flexibility index (Phi) is 4.32. The molecule has 1 saturated heterocycles. The highest BCUT2D eigenvalue weighted by Gasteiger charge is 2.30. The predicted octanol–water partition coefficient (Wildman–Crippen LogP) is 1.33. The molecule has 3 nitrogen and oxygen atoms in total. The molecule has 0 saturated carbocycles. The molecule has 0 bridgehead atoms. The third-order valence-electron chi connectivity index (χ3n) is 3.67. The topological polar surface area (TPSA) is 18.5 Å². The van der Waals surface area contributed by atoms with Gasteiger partial charge < -0.3 is 10.2 Å². The van der Waals surface area contributed by atoms with Crippen molar-refractivity contribution in [3.8, 4) is 0 Å². The molecule has 4 heteroatoms. The summed E-state index contributed by atoms with van der Waals surface area (Å²) >= 11 is 0. The van der Waals surface area contributed by atoms with Gasteiger partial charge >= 0.3 is 0 Å². The van der Waals surface area contributed by atoms with Gasteiger partial charge in [0.25, 0.3) is 0 Å². The second kappa shape index (κ2) is 5.78. The van der Waals surface area contributed by atoms with Crippen LogP contribution in [0, 0.1) is 5.82 Å². The van der Waals surface area contributed by atoms with E-state index < -0.39 is 0 Å². The summed E-state index contributed by atoms with van der Waals surface area (Å²) in [5, 5.41) is 3.42. The minimum absolute atomic E-state index is 0.161. The van der Waals surface area contributed by atoms with E-state index in [0.717, 1.165) is 25.2 Å². The van der Waals surface area contributed by atoms with Crippen molar-refractivity contribution in [2.45, 2.75) is 12.1 Å². The normalized spacial score (nSPS) is 23.3. The van der Waals surface area contributed by atoms with Gasteiger partial charge in [-0.25, -0.2) is 4.39 Å². The molecule has 1 aromatic carbocycles. The molecule has 1 N–H and O–H groups in total. The molecule has 1 fully saturated rings. The van der Waals surface area contributed by atoms with Gasteiger partial charge in [-0.3, -0.25) is 4.90 Å². The number of benzene rings is 1. The highest BCUT2D eigenvalue weighted by molar-refractivity contribution is 5.22. The lowest BCUT2D eigenvalue weighted by Gasteiger charge is -2.41. The van der Waals surface area contributed by atoms with Crippen molar-refractivity contribution in [3.63, 3.8) is 0 Å². The van der Waals surface area contributed by atoms with Crippen LogP contribution >= 0.6 is 0 Å². The smallest absolute Gasteiger partial charge is 0.123 e. The molecule has 0 aliphatic carbocycles. The average Bonchev–Trinajstić information content (AvgIpc) is 2.32. The van der Waals surface area contributed by atoms with Crippen molar-refractivity contribution >= 4 is 0 Å². The van der Waals surface area contributed by atoms with E-state index >= 15 is 0 Å². The molecular formula is C14H22FN3. The van der Waals surface area contributed by atoms with Crippen LogP contribution in [0.25, 0.3) is 0 Å². The lowest BCUT2D eigenvalue weighted by molar-refractivity contribution is 0.107. The quantitative estimate of drug-likeness (QED) is 0.874. The van der Waals surface area contributed by atoms with Crippen LogP contribution in [0.3, 0.4) is 0 Å². The maximum absolute atomic E-state index is 13.4. The Morgan fingerprint density at radius 1 is 1.44 bits per heavy atom. The number of hydrogen-bond donors (Lipinski definition) is 1. The molecule has 0 amide bonds. The summed E-state index contributed by atoms with van der Waals surface area (Å²) < 4.78 is 13.4. The van der Waals surface area contributed by atoms with E-state index in [1.54, 1.807) is 12.1 Å². The van der Waals surface area contributed by atoms with E-state index in [4.69, 9.17) is 0 Å². The predicted molar refractivity (Wildman–Crippen MR) is 72.1 cm³/mol. The lowest BCUT2D eigenvalue weighted by atomic mass is 9.96. The van der Waals surface area contributed by atoms with E-state index in [2.05, 4.69) is 36.3 Å². The van der Waals surface area contributed by atoms with Crippen LogP contribution in [0.1, 0.15) is 11.6 Å². The zero-order valence-electron chi connectivity index (χ0n) is 11.4. The number of piperazine rings is 1. The summed E-state index contributed by atoms with van der Waals surface area (Å²) in [6, 6.07) is 7.52. The molecule has 1 aliphatic rings. The monoisotopic (exact) mass is 251 g/mol. The molecule has 1 aliphatic heterocycles. The van der Waals surface area contributed by atoms with Crippen molar-refractivity contribution in [2.24, 2.45) is 0 Å². The fourth-order valence-corrected chi connectivity index (χ4v) is 2.73. The molecule has 2 rings (SSSR count). The molecule has 0 spiro atoms.